The first-order valence-corrected chi connectivity index (χ1v) is 14.3. The molecule has 4 N–H and O–H groups in total. The van der Waals surface area contributed by atoms with Gasteiger partial charge in [-0.1, -0.05) is 19.9 Å². The van der Waals surface area contributed by atoms with E-state index < -0.39 is 0 Å². The van der Waals surface area contributed by atoms with Gasteiger partial charge in [0.1, 0.15) is 0 Å². The SMILES string of the molecule is CC(C)COC(=O)N[C@H]1CCc2ccc(Nc3nc(N)nn3-c3cc4c(nn3)-c3cccnc3CCC4)cc2CC1. The van der Waals surface area contributed by atoms with Crippen molar-refractivity contribution in [2.45, 2.75) is 64.8 Å². The number of ether oxygens (including phenoxy) is 1. The fourth-order valence-electron chi connectivity index (χ4n) is 5.52. The summed E-state index contributed by atoms with van der Waals surface area (Å²) in [5, 5.41) is 19.9. The van der Waals surface area contributed by atoms with E-state index in [9.17, 15) is 4.79 Å². The summed E-state index contributed by atoms with van der Waals surface area (Å²) in [7, 11) is 0. The minimum Gasteiger partial charge on any atom is -0.449 e. The summed E-state index contributed by atoms with van der Waals surface area (Å²) in [6.45, 7) is 4.47. The van der Waals surface area contributed by atoms with Crippen LogP contribution in [0.15, 0.2) is 42.6 Å². The third-order valence-corrected chi connectivity index (χ3v) is 7.56. The number of fused-ring (bicyclic) bond motifs is 4. The van der Waals surface area contributed by atoms with Crippen molar-refractivity contribution in [1.82, 2.24) is 35.3 Å². The smallest absolute Gasteiger partial charge is 0.407 e. The predicted molar refractivity (Wildman–Crippen MR) is 156 cm³/mol. The van der Waals surface area contributed by atoms with Crippen LogP contribution in [0.3, 0.4) is 0 Å². The summed E-state index contributed by atoms with van der Waals surface area (Å²) in [4.78, 5) is 21.2. The van der Waals surface area contributed by atoms with Crippen molar-refractivity contribution < 1.29 is 9.53 Å². The Hall–Kier alpha value is -4.54. The van der Waals surface area contributed by atoms with Gasteiger partial charge in [-0.2, -0.15) is 9.67 Å². The van der Waals surface area contributed by atoms with E-state index in [-0.39, 0.29) is 18.1 Å². The molecule has 1 aromatic carbocycles. The second-order valence-electron chi connectivity index (χ2n) is 11.2. The van der Waals surface area contributed by atoms with Gasteiger partial charge in [0.2, 0.25) is 11.9 Å². The molecule has 0 aliphatic heterocycles. The number of amides is 1. The second kappa shape index (κ2) is 11.5. The van der Waals surface area contributed by atoms with Crippen molar-refractivity contribution >= 4 is 23.7 Å². The van der Waals surface area contributed by atoms with Crippen LogP contribution in [0.2, 0.25) is 0 Å². The maximum absolute atomic E-state index is 12.2. The highest BCUT2D eigenvalue weighted by atomic mass is 16.5. The highest BCUT2D eigenvalue weighted by molar-refractivity contribution is 5.68. The van der Waals surface area contributed by atoms with E-state index in [1.807, 2.05) is 38.2 Å². The van der Waals surface area contributed by atoms with Gasteiger partial charge in [-0.05, 0) is 97.9 Å². The monoisotopic (exact) mass is 553 g/mol. The van der Waals surface area contributed by atoms with Crippen LogP contribution < -0.4 is 16.4 Å². The number of aromatic nitrogens is 6. The molecule has 0 saturated carbocycles. The fourth-order valence-corrected chi connectivity index (χ4v) is 5.52. The molecule has 0 saturated heterocycles. The van der Waals surface area contributed by atoms with Crippen LogP contribution in [0.1, 0.15) is 55.5 Å². The van der Waals surface area contributed by atoms with Crippen LogP contribution in [-0.2, 0) is 30.4 Å². The van der Waals surface area contributed by atoms with Gasteiger partial charge in [-0.15, -0.1) is 15.3 Å². The highest BCUT2D eigenvalue weighted by Gasteiger charge is 2.22. The third kappa shape index (κ3) is 5.98. The maximum atomic E-state index is 12.2. The molecule has 0 unspecified atom stereocenters. The number of nitrogens with one attached hydrogen (secondary N) is 2. The van der Waals surface area contributed by atoms with Gasteiger partial charge in [-0.25, -0.2) is 4.79 Å². The summed E-state index contributed by atoms with van der Waals surface area (Å²) >= 11 is 0. The Bertz CT molecular complexity index is 1570. The van der Waals surface area contributed by atoms with Gasteiger partial charge in [0.25, 0.3) is 0 Å². The lowest BCUT2D eigenvalue weighted by Crippen LogP contribution is -2.36. The number of carbonyl (C=O) groups excluding carboxylic acids is 1. The molecule has 212 valence electrons. The summed E-state index contributed by atoms with van der Waals surface area (Å²) in [6, 6.07) is 12.4. The number of nitrogens with two attached hydrogens (primary N) is 1. The quantitative estimate of drug-likeness (QED) is 0.292. The number of rotatable bonds is 6. The number of carbonyl (C=O) groups is 1. The maximum Gasteiger partial charge on any atom is 0.407 e. The molecule has 0 radical (unpaired) electrons. The average molecular weight is 554 g/mol. The Balaban J connectivity index is 1.19. The second-order valence-corrected chi connectivity index (χ2v) is 11.2. The molecule has 0 spiro atoms. The first kappa shape index (κ1) is 26.7. The molecule has 2 aliphatic rings. The van der Waals surface area contributed by atoms with E-state index in [2.05, 4.69) is 54.1 Å². The lowest BCUT2D eigenvalue weighted by Gasteiger charge is -2.16. The van der Waals surface area contributed by atoms with Gasteiger partial charge >= 0.3 is 6.09 Å². The molecule has 2 aliphatic carbocycles. The molecule has 11 nitrogen and oxygen atoms in total. The third-order valence-electron chi connectivity index (χ3n) is 7.56. The molecule has 6 rings (SSSR count). The van der Waals surface area contributed by atoms with Crippen molar-refractivity contribution in [2.75, 3.05) is 17.7 Å². The van der Waals surface area contributed by atoms with Gasteiger partial charge < -0.3 is 21.1 Å². The fraction of sp³-hybridized carbons (Fsp3) is 0.400. The minimum absolute atomic E-state index is 0.0795. The lowest BCUT2D eigenvalue weighted by atomic mass is 10.0. The zero-order valence-electron chi connectivity index (χ0n) is 23.4. The Morgan fingerprint density at radius 1 is 1.07 bits per heavy atom. The van der Waals surface area contributed by atoms with E-state index in [0.29, 0.717) is 24.3 Å². The van der Waals surface area contributed by atoms with Crippen LogP contribution in [0, 0.1) is 5.92 Å². The van der Waals surface area contributed by atoms with Crippen LogP contribution in [-0.4, -0.2) is 48.7 Å². The average Bonchev–Trinajstić information content (AvgIpc) is 3.10. The van der Waals surface area contributed by atoms with Gasteiger partial charge in [0, 0.05) is 29.2 Å². The number of nitrogen functional groups attached to an aromatic ring is 1. The molecule has 4 aromatic rings. The number of hydrogen-bond acceptors (Lipinski definition) is 9. The number of pyridine rings is 1. The van der Waals surface area contributed by atoms with Crippen LogP contribution in [0.25, 0.3) is 17.1 Å². The number of nitrogens with zero attached hydrogens (tertiary/aromatic N) is 6. The Labute approximate surface area is 239 Å². The van der Waals surface area contributed by atoms with Crippen LogP contribution in [0.5, 0.6) is 0 Å². The van der Waals surface area contributed by atoms with Crippen molar-refractivity contribution in [1.29, 1.82) is 0 Å². The van der Waals surface area contributed by atoms with Crippen molar-refractivity contribution in [3.05, 3.63) is 65.0 Å². The minimum atomic E-state index is -0.337. The number of alkyl carbamates (subject to hydrolysis) is 1. The van der Waals surface area contributed by atoms with E-state index in [4.69, 9.17) is 10.5 Å². The van der Waals surface area contributed by atoms with Crippen LogP contribution in [0.4, 0.5) is 22.4 Å². The summed E-state index contributed by atoms with van der Waals surface area (Å²) in [5.74, 6) is 1.47. The zero-order chi connectivity index (χ0) is 28.3. The molecule has 41 heavy (non-hydrogen) atoms. The molecule has 11 heteroatoms. The van der Waals surface area contributed by atoms with Crippen molar-refractivity contribution in [3.8, 4) is 17.1 Å². The van der Waals surface area contributed by atoms with E-state index >= 15 is 0 Å². The molecule has 0 bridgehead atoms. The molecule has 1 amide bonds. The Morgan fingerprint density at radius 2 is 1.93 bits per heavy atom. The zero-order valence-corrected chi connectivity index (χ0v) is 23.4. The van der Waals surface area contributed by atoms with E-state index in [1.54, 1.807) is 4.68 Å². The summed E-state index contributed by atoms with van der Waals surface area (Å²) < 4.78 is 6.92. The van der Waals surface area contributed by atoms with Crippen molar-refractivity contribution in [2.24, 2.45) is 5.92 Å². The Morgan fingerprint density at radius 3 is 2.78 bits per heavy atom. The Kier molecular flexibility index (Phi) is 7.49. The largest absolute Gasteiger partial charge is 0.449 e. The number of anilines is 3. The number of aryl methyl sites for hydroxylation is 4. The standard InChI is InChI=1S/C30H35N9O2/c1-18(2)17-41-30(40)34-22-11-8-19-9-13-23(15-20(19)10-12-22)33-29-35-28(31)38-39(29)26-16-21-5-3-7-25-24(6-4-14-32-25)27(21)37-36-26/h4,6,9,13-16,18,22H,3,5,7-8,10-12,17H2,1-2H3,(H,34,40)(H3,31,33,35,38)/t22-/m0/s1. The number of hydrogen-bond donors (Lipinski definition) is 3. The van der Waals surface area contributed by atoms with E-state index in [1.165, 1.54) is 11.1 Å². The lowest BCUT2D eigenvalue weighted by molar-refractivity contribution is 0.128. The van der Waals surface area contributed by atoms with Gasteiger partial charge in [0.15, 0.2) is 5.82 Å². The molecular formula is C30H35N9O2. The normalized spacial score (nSPS) is 16.1. The predicted octanol–water partition coefficient (Wildman–Crippen LogP) is 4.56. The first-order valence-electron chi connectivity index (χ1n) is 14.3. The topological polar surface area (TPSA) is 146 Å². The molecular weight excluding hydrogens is 518 g/mol. The van der Waals surface area contributed by atoms with Gasteiger partial charge in [-0.3, -0.25) is 4.98 Å². The molecule has 3 aromatic heterocycles. The highest BCUT2D eigenvalue weighted by Crippen LogP contribution is 2.31. The molecule has 3 heterocycles. The number of benzene rings is 1. The summed E-state index contributed by atoms with van der Waals surface area (Å²) in [5.41, 5.74) is 13.5. The summed E-state index contributed by atoms with van der Waals surface area (Å²) in [6.07, 6.45) is 7.70. The van der Waals surface area contributed by atoms with Crippen LogP contribution >= 0.6 is 0 Å². The van der Waals surface area contributed by atoms with Gasteiger partial charge in [0.05, 0.1) is 12.3 Å². The van der Waals surface area contributed by atoms with E-state index in [0.717, 1.165) is 73.1 Å². The van der Waals surface area contributed by atoms with Crippen molar-refractivity contribution in [3.63, 3.8) is 0 Å². The molecule has 0 fully saturated rings. The first-order chi connectivity index (χ1) is 19.9. The molecule has 1 atom stereocenters.